The van der Waals surface area contributed by atoms with Crippen LogP contribution >= 0.6 is 0 Å². The fraction of sp³-hybridized carbons (Fsp3) is 0.238. The molecule has 0 aromatic heterocycles. The summed E-state index contributed by atoms with van der Waals surface area (Å²) in [6, 6.07) is 8.80. The van der Waals surface area contributed by atoms with Crippen LogP contribution in [0.1, 0.15) is 18.1 Å². The normalized spacial score (nSPS) is 20.8. The zero-order chi connectivity index (χ0) is 22.2. The maximum absolute atomic E-state index is 13.6. The lowest BCUT2D eigenvalue weighted by Crippen LogP contribution is -2.64. The molecule has 3 rings (SSSR count). The summed E-state index contributed by atoms with van der Waals surface area (Å²) in [4.78, 5) is 39.2. The van der Waals surface area contributed by atoms with E-state index in [1.807, 2.05) is 0 Å². The van der Waals surface area contributed by atoms with Gasteiger partial charge in [0.05, 0.1) is 10.5 Å². The molecule has 2 amide bonds. The summed E-state index contributed by atoms with van der Waals surface area (Å²) in [5.41, 5.74) is -1.24. The van der Waals surface area contributed by atoms with Gasteiger partial charge in [0, 0.05) is 32.6 Å². The molecule has 2 aromatic carbocycles. The van der Waals surface area contributed by atoms with Crippen LogP contribution in [0.2, 0.25) is 0 Å². The highest BCUT2D eigenvalue weighted by Gasteiger charge is 2.48. The Morgan fingerprint density at radius 2 is 1.70 bits per heavy atom. The Labute approximate surface area is 171 Å². The van der Waals surface area contributed by atoms with Gasteiger partial charge in [-0.3, -0.25) is 19.7 Å². The Balaban J connectivity index is 2.01. The third kappa shape index (κ3) is 3.66. The Bertz CT molecular complexity index is 1070. The van der Waals surface area contributed by atoms with E-state index in [0.717, 1.165) is 23.1 Å². The Morgan fingerprint density at radius 3 is 2.30 bits per heavy atom. The number of likely N-dealkylation sites (N-methyl/N-ethyl adjacent to an activating group) is 2. The van der Waals surface area contributed by atoms with Crippen LogP contribution in [0.25, 0.3) is 6.08 Å². The molecule has 1 aliphatic rings. The van der Waals surface area contributed by atoms with Crippen LogP contribution in [0, 0.1) is 21.7 Å². The number of halogens is 2. The van der Waals surface area contributed by atoms with Gasteiger partial charge < -0.3 is 9.80 Å². The zero-order valence-corrected chi connectivity index (χ0v) is 16.6. The van der Waals surface area contributed by atoms with Crippen LogP contribution in [-0.2, 0) is 16.0 Å². The SMILES string of the molecule is CN1C(=O)C(C)(Cc2cc(F)cc(F)c2)N(C)C(=O)C1=Cc1ccccc1[N+](=O)[O-]. The van der Waals surface area contributed by atoms with Crippen molar-refractivity contribution >= 4 is 23.6 Å². The molecule has 1 atom stereocenters. The summed E-state index contributed by atoms with van der Waals surface area (Å²) in [6.45, 7) is 1.51. The highest BCUT2D eigenvalue weighted by atomic mass is 19.1. The summed E-state index contributed by atoms with van der Waals surface area (Å²) in [7, 11) is 2.80. The molecule has 0 N–H and O–H groups in total. The second-order valence-electron chi connectivity index (χ2n) is 7.30. The lowest BCUT2D eigenvalue weighted by atomic mass is 9.87. The van der Waals surface area contributed by atoms with Gasteiger partial charge in [-0.15, -0.1) is 0 Å². The largest absolute Gasteiger partial charge is 0.326 e. The average Bonchev–Trinajstić information content (AvgIpc) is 2.68. The van der Waals surface area contributed by atoms with Crippen molar-refractivity contribution in [3.63, 3.8) is 0 Å². The fourth-order valence-electron chi connectivity index (χ4n) is 3.54. The number of carbonyl (C=O) groups excluding carboxylic acids is 2. The van der Waals surface area contributed by atoms with E-state index in [0.29, 0.717) is 0 Å². The molecule has 7 nitrogen and oxygen atoms in total. The van der Waals surface area contributed by atoms with Crippen LogP contribution in [0.3, 0.4) is 0 Å². The first kappa shape index (κ1) is 21.1. The van der Waals surface area contributed by atoms with E-state index in [9.17, 15) is 28.5 Å². The lowest BCUT2D eigenvalue weighted by Gasteiger charge is -2.45. The third-order valence-corrected chi connectivity index (χ3v) is 5.29. The Morgan fingerprint density at radius 1 is 1.10 bits per heavy atom. The summed E-state index contributed by atoms with van der Waals surface area (Å²) >= 11 is 0. The van der Waals surface area contributed by atoms with E-state index in [1.165, 1.54) is 50.2 Å². The van der Waals surface area contributed by atoms with Crippen LogP contribution in [0.4, 0.5) is 14.5 Å². The topological polar surface area (TPSA) is 83.8 Å². The summed E-state index contributed by atoms with van der Waals surface area (Å²) < 4.78 is 27.2. The molecule has 9 heteroatoms. The first-order valence-electron chi connectivity index (χ1n) is 9.01. The van der Waals surface area contributed by atoms with E-state index < -0.39 is 33.9 Å². The fourth-order valence-corrected chi connectivity index (χ4v) is 3.54. The zero-order valence-electron chi connectivity index (χ0n) is 16.6. The maximum Gasteiger partial charge on any atom is 0.276 e. The van der Waals surface area contributed by atoms with E-state index in [-0.39, 0.29) is 28.9 Å². The van der Waals surface area contributed by atoms with Crippen molar-refractivity contribution in [2.75, 3.05) is 14.1 Å². The van der Waals surface area contributed by atoms with E-state index in [2.05, 4.69) is 0 Å². The molecule has 0 aliphatic carbocycles. The predicted molar refractivity (Wildman–Crippen MR) is 105 cm³/mol. The molecule has 1 aliphatic heterocycles. The third-order valence-electron chi connectivity index (χ3n) is 5.29. The number of benzene rings is 2. The molecular formula is C21H19F2N3O4. The Kier molecular flexibility index (Phi) is 5.39. The number of hydrogen-bond donors (Lipinski definition) is 0. The highest BCUT2D eigenvalue weighted by molar-refractivity contribution is 6.09. The number of carbonyl (C=O) groups is 2. The van der Waals surface area contributed by atoms with Crippen molar-refractivity contribution < 1.29 is 23.3 Å². The van der Waals surface area contributed by atoms with Crippen molar-refractivity contribution in [1.29, 1.82) is 0 Å². The van der Waals surface area contributed by atoms with Crippen molar-refractivity contribution in [2.45, 2.75) is 18.9 Å². The second kappa shape index (κ2) is 7.66. The molecule has 30 heavy (non-hydrogen) atoms. The highest BCUT2D eigenvalue weighted by Crippen LogP contribution is 2.32. The number of nitrogens with zero attached hydrogens (tertiary/aromatic N) is 3. The quantitative estimate of drug-likeness (QED) is 0.436. The molecule has 2 aromatic rings. The van der Waals surface area contributed by atoms with E-state index >= 15 is 0 Å². The number of hydrogen-bond acceptors (Lipinski definition) is 4. The van der Waals surface area contributed by atoms with Crippen LogP contribution in [0.15, 0.2) is 48.2 Å². The molecule has 0 saturated carbocycles. The maximum atomic E-state index is 13.6. The smallest absolute Gasteiger partial charge is 0.276 e. The monoisotopic (exact) mass is 415 g/mol. The molecule has 1 saturated heterocycles. The minimum Gasteiger partial charge on any atom is -0.326 e. The molecular weight excluding hydrogens is 396 g/mol. The van der Waals surface area contributed by atoms with Gasteiger partial charge in [0.1, 0.15) is 22.9 Å². The van der Waals surface area contributed by atoms with Crippen molar-refractivity contribution in [2.24, 2.45) is 0 Å². The molecule has 0 spiro atoms. The van der Waals surface area contributed by atoms with Gasteiger partial charge in [0.15, 0.2) is 0 Å². The van der Waals surface area contributed by atoms with Crippen molar-refractivity contribution in [3.05, 3.63) is 81.0 Å². The lowest BCUT2D eigenvalue weighted by molar-refractivity contribution is -0.385. The average molecular weight is 415 g/mol. The van der Waals surface area contributed by atoms with Crippen LogP contribution in [-0.4, -0.2) is 46.2 Å². The van der Waals surface area contributed by atoms with Gasteiger partial charge in [-0.2, -0.15) is 0 Å². The molecule has 1 fully saturated rings. The summed E-state index contributed by atoms with van der Waals surface area (Å²) in [5, 5.41) is 11.3. The number of para-hydroxylation sites is 1. The van der Waals surface area contributed by atoms with Crippen molar-refractivity contribution in [3.8, 4) is 0 Å². The predicted octanol–water partition coefficient (Wildman–Crippen LogP) is 3.15. The standard InChI is InChI=1S/C21H19F2N3O4/c1-21(12-13-8-15(22)11-16(23)9-13)20(28)24(2)18(19(27)25(21)3)10-14-6-4-5-7-17(14)26(29)30/h4-11H,12H2,1-3H3. The summed E-state index contributed by atoms with van der Waals surface area (Å²) in [5.74, 6) is -2.60. The van der Waals surface area contributed by atoms with E-state index in [1.54, 1.807) is 6.07 Å². The van der Waals surface area contributed by atoms with Gasteiger partial charge in [-0.1, -0.05) is 12.1 Å². The van der Waals surface area contributed by atoms with Crippen LogP contribution < -0.4 is 0 Å². The minimum absolute atomic E-state index is 0.0419. The number of nitro benzene ring substituents is 1. The first-order valence-corrected chi connectivity index (χ1v) is 9.01. The van der Waals surface area contributed by atoms with Crippen LogP contribution in [0.5, 0.6) is 0 Å². The molecule has 0 bridgehead atoms. The minimum atomic E-state index is -1.40. The second-order valence-corrected chi connectivity index (χ2v) is 7.30. The van der Waals surface area contributed by atoms with Gasteiger partial charge in [0.2, 0.25) is 0 Å². The Hall–Kier alpha value is -3.62. The first-order chi connectivity index (χ1) is 14.0. The molecule has 0 radical (unpaired) electrons. The molecule has 156 valence electrons. The van der Waals surface area contributed by atoms with Gasteiger partial charge in [-0.25, -0.2) is 8.78 Å². The van der Waals surface area contributed by atoms with Crippen molar-refractivity contribution in [1.82, 2.24) is 9.80 Å². The van der Waals surface area contributed by atoms with Gasteiger partial charge in [-0.05, 0) is 36.8 Å². The van der Waals surface area contributed by atoms with Gasteiger partial charge in [0.25, 0.3) is 17.5 Å². The van der Waals surface area contributed by atoms with E-state index in [4.69, 9.17) is 0 Å². The number of piperazine rings is 1. The molecule has 1 unspecified atom stereocenters. The number of nitro groups is 1. The molecule has 1 heterocycles. The van der Waals surface area contributed by atoms with Gasteiger partial charge >= 0.3 is 0 Å². The number of amides is 2. The summed E-state index contributed by atoms with van der Waals surface area (Å²) in [6.07, 6.45) is 1.18. The number of rotatable bonds is 4.